The highest BCUT2D eigenvalue weighted by Crippen LogP contribution is 2.23. The van der Waals surface area contributed by atoms with E-state index in [1.54, 1.807) is 0 Å². The van der Waals surface area contributed by atoms with Crippen LogP contribution >= 0.6 is 0 Å². The van der Waals surface area contributed by atoms with Gasteiger partial charge in [-0.15, -0.1) is 0 Å². The normalized spacial score (nSPS) is 17.4. The predicted octanol–water partition coefficient (Wildman–Crippen LogP) is 2.57. The molecule has 0 saturated carbocycles. The molecule has 0 aliphatic heterocycles. The van der Waals surface area contributed by atoms with Crippen LogP contribution in [0.2, 0.25) is 0 Å². The van der Waals surface area contributed by atoms with Crippen LogP contribution in [0.5, 0.6) is 0 Å². The van der Waals surface area contributed by atoms with Crippen molar-refractivity contribution in [1.82, 2.24) is 0 Å². The number of rotatable bonds is 6. The van der Waals surface area contributed by atoms with Gasteiger partial charge in [-0.1, -0.05) is 48.0 Å². The van der Waals surface area contributed by atoms with E-state index >= 15 is 0 Å². The average molecular weight is 241 g/mol. The summed E-state index contributed by atoms with van der Waals surface area (Å²) in [4.78, 5) is 23.9. The molecule has 0 heterocycles. The molecule has 100 valence electrons. The van der Waals surface area contributed by atoms with E-state index in [2.05, 4.69) is 0 Å². The fraction of sp³-hybridized carbons (Fsp3) is 0.857. The minimum Gasteiger partial charge on any atom is -0.321 e. The zero-order valence-electron chi connectivity index (χ0n) is 12.0. The summed E-state index contributed by atoms with van der Waals surface area (Å²) >= 11 is 0. The van der Waals surface area contributed by atoms with Crippen molar-refractivity contribution in [3.8, 4) is 0 Å². The molecule has 0 radical (unpaired) electrons. The number of ketones is 2. The minimum absolute atomic E-state index is 0.00412. The van der Waals surface area contributed by atoms with Crippen LogP contribution < -0.4 is 5.73 Å². The highest BCUT2D eigenvalue weighted by Gasteiger charge is 2.30. The third kappa shape index (κ3) is 4.99. The Morgan fingerprint density at radius 2 is 1.65 bits per heavy atom. The first kappa shape index (κ1) is 16.3. The average Bonchev–Trinajstić information content (AvgIpc) is 2.24. The van der Waals surface area contributed by atoms with Gasteiger partial charge in [-0.05, 0) is 5.92 Å². The summed E-state index contributed by atoms with van der Waals surface area (Å²) in [5.74, 6) is 0.0729. The highest BCUT2D eigenvalue weighted by molar-refractivity contribution is 5.92. The van der Waals surface area contributed by atoms with E-state index in [0.29, 0.717) is 0 Å². The number of hydrogen-bond donors (Lipinski definition) is 1. The second-order valence-corrected chi connectivity index (χ2v) is 6.10. The minimum atomic E-state index is -0.435. The van der Waals surface area contributed by atoms with Crippen molar-refractivity contribution in [2.45, 2.75) is 60.4 Å². The van der Waals surface area contributed by atoms with Crippen molar-refractivity contribution < 1.29 is 9.59 Å². The first-order valence-electron chi connectivity index (χ1n) is 6.43. The molecule has 3 nitrogen and oxygen atoms in total. The first-order chi connectivity index (χ1) is 7.61. The number of Topliss-reactive ketones (excluding diaryl/α,β-unsaturated/α-hetero) is 2. The zero-order chi connectivity index (χ0) is 13.8. The van der Waals surface area contributed by atoms with Crippen molar-refractivity contribution in [3.05, 3.63) is 0 Å². The number of carbonyl (C=O) groups is 2. The first-order valence-corrected chi connectivity index (χ1v) is 6.43. The van der Waals surface area contributed by atoms with E-state index in [9.17, 15) is 9.59 Å². The van der Waals surface area contributed by atoms with Gasteiger partial charge in [-0.2, -0.15) is 0 Å². The van der Waals surface area contributed by atoms with Gasteiger partial charge in [0.05, 0.1) is 6.04 Å². The largest absolute Gasteiger partial charge is 0.321 e. The maximum Gasteiger partial charge on any atom is 0.150 e. The fourth-order valence-corrected chi connectivity index (χ4v) is 1.84. The molecule has 0 rings (SSSR count). The van der Waals surface area contributed by atoms with Crippen molar-refractivity contribution in [2.75, 3.05) is 0 Å². The third-order valence-electron chi connectivity index (χ3n) is 3.32. The van der Waals surface area contributed by atoms with Gasteiger partial charge >= 0.3 is 0 Å². The lowest BCUT2D eigenvalue weighted by Crippen LogP contribution is -2.39. The van der Waals surface area contributed by atoms with E-state index in [0.717, 1.165) is 6.42 Å². The van der Waals surface area contributed by atoms with E-state index in [1.165, 1.54) is 0 Å². The second kappa shape index (κ2) is 6.29. The summed E-state index contributed by atoms with van der Waals surface area (Å²) in [5, 5.41) is 0. The fourth-order valence-electron chi connectivity index (χ4n) is 1.84. The maximum absolute atomic E-state index is 12.0. The summed E-state index contributed by atoms with van der Waals surface area (Å²) in [5.41, 5.74) is 5.48. The Morgan fingerprint density at radius 3 is 2.00 bits per heavy atom. The Morgan fingerprint density at radius 1 is 1.18 bits per heavy atom. The van der Waals surface area contributed by atoms with Crippen molar-refractivity contribution in [3.63, 3.8) is 0 Å². The van der Waals surface area contributed by atoms with Gasteiger partial charge in [0.15, 0.2) is 5.78 Å². The van der Waals surface area contributed by atoms with Crippen LogP contribution in [0.4, 0.5) is 0 Å². The van der Waals surface area contributed by atoms with Crippen molar-refractivity contribution in [2.24, 2.45) is 23.0 Å². The summed E-state index contributed by atoms with van der Waals surface area (Å²) in [7, 11) is 0. The SMILES string of the molecule is CCC(C)C(N)C(=O)CC(C)C(=O)C(C)(C)C. The molecule has 0 aliphatic carbocycles. The summed E-state index contributed by atoms with van der Waals surface area (Å²) in [6.45, 7) is 11.4. The summed E-state index contributed by atoms with van der Waals surface area (Å²) < 4.78 is 0. The van der Waals surface area contributed by atoms with E-state index in [4.69, 9.17) is 5.73 Å². The van der Waals surface area contributed by atoms with Gasteiger partial charge in [0, 0.05) is 17.8 Å². The molecule has 3 atom stereocenters. The smallest absolute Gasteiger partial charge is 0.150 e. The molecule has 0 amide bonds. The molecule has 0 aromatic rings. The molecule has 0 spiro atoms. The maximum atomic E-state index is 12.0. The van der Waals surface area contributed by atoms with Gasteiger partial charge in [-0.25, -0.2) is 0 Å². The molecule has 3 unspecified atom stereocenters. The van der Waals surface area contributed by atoms with Crippen LogP contribution in [0.25, 0.3) is 0 Å². The summed E-state index contributed by atoms with van der Waals surface area (Å²) in [6.07, 6.45) is 1.15. The van der Waals surface area contributed by atoms with Crippen LogP contribution in [-0.4, -0.2) is 17.6 Å². The molecule has 3 heteroatoms. The quantitative estimate of drug-likeness (QED) is 0.777. The lowest BCUT2D eigenvalue weighted by molar-refractivity contribution is -0.133. The molecule has 0 bridgehead atoms. The molecular weight excluding hydrogens is 214 g/mol. The number of carbonyl (C=O) groups excluding carboxylic acids is 2. The van der Waals surface area contributed by atoms with Crippen molar-refractivity contribution >= 4 is 11.6 Å². The lowest BCUT2D eigenvalue weighted by atomic mass is 9.80. The molecule has 2 N–H and O–H groups in total. The van der Waals surface area contributed by atoms with Crippen LogP contribution in [0.1, 0.15) is 54.4 Å². The number of nitrogens with two attached hydrogens (primary N) is 1. The predicted molar refractivity (Wildman–Crippen MR) is 70.7 cm³/mol. The molecule has 0 fully saturated rings. The van der Waals surface area contributed by atoms with Crippen LogP contribution in [0, 0.1) is 17.3 Å². The number of hydrogen-bond acceptors (Lipinski definition) is 3. The van der Waals surface area contributed by atoms with Gasteiger partial charge < -0.3 is 5.73 Å². The van der Waals surface area contributed by atoms with Crippen LogP contribution in [0.15, 0.2) is 0 Å². The Hall–Kier alpha value is -0.700. The Labute approximate surface area is 105 Å². The molecular formula is C14H27NO2. The Bertz CT molecular complexity index is 278. The Balaban J connectivity index is 4.45. The molecule has 0 aliphatic rings. The van der Waals surface area contributed by atoms with Gasteiger partial charge in [0.25, 0.3) is 0 Å². The molecule has 0 aromatic carbocycles. The van der Waals surface area contributed by atoms with Crippen LogP contribution in [0.3, 0.4) is 0 Å². The van der Waals surface area contributed by atoms with E-state index in [1.807, 2.05) is 41.5 Å². The van der Waals surface area contributed by atoms with Gasteiger partial charge in [0.2, 0.25) is 0 Å². The zero-order valence-corrected chi connectivity index (χ0v) is 12.0. The molecule has 0 aromatic heterocycles. The monoisotopic (exact) mass is 241 g/mol. The molecule has 17 heavy (non-hydrogen) atoms. The van der Waals surface area contributed by atoms with E-state index in [-0.39, 0.29) is 35.2 Å². The molecule has 0 saturated heterocycles. The standard InChI is InChI=1S/C14H27NO2/c1-7-9(2)12(15)11(16)8-10(3)13(17)14(4,5)6/h9-10,12H,7-8,15H2,1-6H3. The van der Waals surface area contributed by atoms with Crippen LogP contribution in [-0.2, 0) is 9.59 Å². The Kier molecular flexibility index (Phi) is 6.03. The second-order valence-electron chi connectivity index (χ2n) is 6.10. The highest BCUT2D eigenvalue weighted by atomic mass is 16.1. The lowest BCUT2D eigenvalue weighted by Gasteiger charge is -2.23. The van der Waals surface area contributed by atoms with Crippen molar-refractivity contribution in [1.29, 1.82) is 0 Å². The van der Waals surface area contributed by atoms with Gasteiger partial charge in [0.1, 0.15) is 5.78 Å². The summed E-state index contributed by atoms with van der Waals surface area (Å²) in [6, 6.07) is -0.435. The topological polar surface area (TPSA) is 60.2 Å². The van der Waals surface area contributed by atoms with Gasteiger partial charge in [-0.3, -0.25) is 9.59 Å². The third-order valence-corrected chi connectivity index (χ3v) is 3.32. The van der Waals surface area contributed by atoms with E-state index < -0.39 is 6.04 Å².